The number of nitrogens with one attached hydrogen (secondary N) is 1. The van der Waals surface area contributed by atoms with Crippen LogP contribution in [0.3, 0.4) is 0 Å². The third-order valence-corrected chi connectivity index (χ3v) is 6.91. The zero-order chi connectivity index (χ0) is 24.3. The minimum atomic E-state index is -1.33. The smallest absolute Gasteiger partial charge is 0.193 e. The van der Waals surface area contributed by atoms with E-state index in [9.17, 15) is 4.91 Å². The molecule has 0 amide bonds. The second-order valence-corrected chi connectivity index (χ2v) is 9.32. The van der Waals surface area contributed by atoms with Crippen molar-refractivity contribution in [3.63, 3.8) is 0 Å². The van der Waals surface area contributed by atoms with Crippen LogP contribution in [0, 0.1) is 10.8 Å². The van der Waals surface area contributed by atoms with Gasteiger partial charge in [0, 0.05) is 44.0 Å². The van der Waals surface area contributed by atoms with Crippen molar-refractivity contribution in [1.82, 2.24) is 15.2 Å². The monoisotopic (exact) mass is 475 g/mol. The van der Waals surface area contributed by atoms with Gasteiger partial charge in [-0.2, -0.15) is 0 Å². The number of halogens is 1. The highest BCUT2D eigenvalue weighted by Gasteiger charge is 2.43. The minimum absolute atomic E-state index is 0.519. The summed E-state index contributed by atoms with van der Waals surface area (Å²) in [5.41, 5.74) is 9.41. The molecule has 2 heterocycles. The summed E-state index contributed by atoms with van der Waals surface area (Å²) in [5, 5.41) is 8.21. The number of aromatic nitrogens is 1. The number of benzene rings is 1. The molecule has 1 aliphatic carbocycles. The summed E-state index contributed by atoms with van der Waals surface area (Å²) < 4.78 is 0. The third kappa shape index (κ3) is 4.14. The van der Waals surface area contributed by atoms with Crippen LogP contribution in [-0.4, -0.2) is 30.5 Å². The highest BCUT2D eigenvalue weighted by Crippen LogP contribution is 2.44. The summed E-state index contributed by atoms with van der Waals surface area (Å²) in [4.78, 5) is 19.2. The molecule has 1 aromatic heterocycles. The Labute approximate surface area is 205 Å². The number of hydrogen-bond acceptors (Lipinski definition) is 6. The molecular weight excluding hydrogens is 446 g/mol. The lowest BCUT2D eigenvalue weighted by Crippen LogP contribution is -2.37. The molecule has 2 atom stereocenters. The van der Waals surface area contributed by atoms with Crippen LogP contribution in [0.1, 0.15) is 30.9 Å². The van der Waals surface area contributed by atoms with Gasteiger partial charge in [0.2, 0.25) is 0 Å². The lowest BCUT2D eigenvalue weighted by atomic mass is 9.78. The molecule has 4 rings (SSSR count). The van der Waals surface area contributed by atoms with E-state index < -0.39 is 5.54 Å². The van der Waals surface area contributed by atoms with Crippen LogP contribution in [-0.2, 0) is 5.54 Å². The number of fused-ring (bicyclic) bond motifs is 1. The van der Waals surface area contributed by atoms with Crippen LogP contribution in [0.4, 0.5) is 0 Å². The van der Waals surface area contributed by atoms with E-state index >= 15 is 0 Å². The number of pyridine rings is 1. The number of nitroso groups, excluding NO2 is 1. The number of allylic oxidation sites excluding steroid dienone is 4. The number of hydrogen-bond donors (Lipinski definition) is 2. The number of dihydropyridines is 1. The number of nitrogens with zero attached hydrogens (tertiary/aromatic N) is 3. The quantitative estimate of drug-likeness (QED) is 0.529. The van der Waals surface area contributed by atoms with Crippen LogP contribution in [0.2, 0.25) is 5.02 Å². The van der Waals surface area contributed by atoms with E-state index in [1.54, 1.807) is 0 Å². The summed E-state index contributed by atoms with van der Waals surface area (Å²) in [5.74, 6) is 0.519. The molecule has 7 heteroatoms. The molecular formula is C27H30ClN5O. The van der Waals surface area contributed by atoms with Crippen LogP contribution in [0.5, 0.6) is 0 Å². The normalized spacial score (nSPS) is 20.1. The van der Waals surface area contributed by atoms with Crippen molar-refractivity contribution >= 4 is 28.1 Å². The fourth-order valence-electron chi connectivity index (χ4n) is 4.65. The topological polar surface area (TPSA) is 83.6 Å². The first-order chi connectivity index (χ1) is 16.4. The van der Waals surface area contributed by atoms with Gasteiger partial charge in [0.1, 0.15) is 0 Å². The summed E-state index contributed by atoms with van der Waals surface area (Å²) in [7, 11) is 3.70. The van der Waals surface area contributed by atoms with Crippen molar-refractivity contribution in [1.29, 1.82) is 0 Å². The van der Waals surface area contributed by atoms with E-state index in [2.05, 4.69) is 40.6 Å². The van der Waals surface area contributed by atoms with Gasteiger partial charge in [0.05, 0.1) is 16.2 Å². The summed E-state index contributed by atoms with van der Waals surface area (Å²) in [6, 6.07) is 5.68. The van der Waals surface area contributed by atoms with Gasteiger partial charge in [-0.25, -0.2) is 0 Å². The van der Waals surface area contributed by atoms with Gasteiger partial charge < -0.3 is 16.0 Å². The molecule has 3 N–H and O–H groups in total. The first-order valence-corrected chi connectivity index (χ1v) is 11.8. The molecule has 6 nitrogen and oxygen atoms in total. The number of rotatable bonds is 6. The van der Waals surface area contributed by atoms with Gasteiger partial charge in [-0.3, -0.25) is 4.98 Å². The van der Waals surface area contributed by atoms with E-state index in [1.807, 2.05) is 61.7 Å². The first-order valence-electron chi connectivity index (χ1n) is 11.4. The van der Waals surface area contributed by atoms with Crippen LogP contribution >= 0.6 is 11.6 Å². The molecule has 0 bridgehead atoms. The lowest BCUT2D eigenvalue weighted by Gasteiger charge is -2.35. The highest BCUT2D eigenvalue weighted by atomic mass is 35.5. The van der Waals surface area contributed by atoms with Crippen LogP contribution in [0.15, 0.2) is 83.6 Å². The minimum Gasteiger partial charge on any atom is -0.403 e. The van der Waals surface area contributed by atoms with Gasteiger partial charge >= 0.3 is 0 Å². The molecule has 0 radical (unpaired) electrons. The number of likely N-dealkylation sites (N-methyl/N-ethyl adjacent to an activating group) is 1. The van der Waals surface area contributed by atoms with Crippen molar-refractivity contribution in [2.45, 2.75) is 25.3 Å². The van der Waals surface area contributed by atoms with E-state index in [0.29, 0.717) is 28.7 Å². The van der Waals surface area contributed by atoms with Gasteiger partial charge in [0.25, 0.3) is 0 Å². The van der Waals surface area contributed by atoms with Crippen LogP contribution < -0.4 is 11.1 Å². The maximum atomic E-state index is 12.7. The zero-order valence-corrected chi connectivity index (χ0v) is 20.5. The fraction of sp³-hybridized carbons (Fsp3) is 0.296. The lowest BCUT2D eigenvalue weighted by molar-refractivity contribution is 0.410. The molecule has 2 aliphatic rings. The molecule has 0 spiro atoms. The van der Waals surface area contributed by atoms with Crippen molar-refractivity contribution in [3.05, 3.63) is 99.5 Å². The Bertz CT molecular complexity index is 1260. The number of nitrogens with two attached hydrogens (primary N) is 1. The molecule has 0 fully saturated rings. The van der Waals surface area contributed by atoms with E-state index in [0.717, 1.165) is 40.5 Å². The standard InChI is InChI=1S/C27H30ClN5O/c1-18-5-4-6-19(8-7-18)23-17-31-24-10-9-21(15-22(24)26(23)28)27(32-34,25(16-29)33(2)3)20-11-13-30-14-12-20/h6-13,15-18,30H,4-5,14,29H2,1-3H3/b25-16-. The van der Waals surface area contributed by atoms with E-state index in [4.69, 9.17) is 17.3 Å². The molecule has 2 unspecified atom stereocenters. The second kappa shape index (κ2) is 9.85. The average molecular weight is 476 g/mol. The SMILES string of the molecule is CC1C=CC(c2cnc3ccc(C(N=O)(C4=CCNC=C4)/C(=C/N)N(C)C)cc3c2Cl)=CCC1. The first kappa shape index (κ1) is 23.8. The molecule has 1 aromatic carbocycles. The zero-order valence-electron chi connectivity index (χ0n) is 19.8. The van der Waals surface area contributed by atoms with Crippen molar-refractivity contribution in [2.75, 3.05) is 20.6 Å². The Morgan fingerprint density at radius 2 is 2.15 bits per heavy atom. The molecule has 176 valence electrons. The predicted octanol–water partition coefficient (Wildman–Crippen LogP) is 5.62. The van der Waals surface area contributed by atoms with Gasteiger partial charge in [0.15, 0.2) is 5.54 Å². The molecule has 2 aromatic rings. The molecule has 1 aliphatic heterocycles. The van der Waals surface area contributed by atoms with Crippen molar-refractivity contribution in [3.8, 4) is 0 Å². The van der Waals surface area contributed by atoms with Gasteiger partial charge in [-0.15, -0.1) is 4.91 Å². The largest absolute Gasteiger partial charge is 0.403 e. The fourth-order valence-corrected chi connectivity index (χ4v) is 4.96. The Kier molecular flexibility index (Phi) is 6.89. The second-order valence-electron chi connectivity index (χ2n) is 8.94. The molecule has 0 saturated heterocycles. The average Bonchev–Trinajstić information content (AvgIpc) is 3.07. The Balaban J connectivity index is 1.94. The van der Waals surface area contributed by atoms with E-state index in [-0.39, 0.29) is 0 Å². The van der Waals surface area contributed by atoms with Gasteiger partial charge in [-0.05, 0) is 65.1 Å². The molecule has 34 heavy (non-hydrogen) atoms. The molecule has 0 saturated carbocycles. The van der Waals surface area contributed by atoms with Crippen molar-refractivity contribution < 1.29 is 0 Å². The van der Waals surface area contributed by atoms with Crippen molar-refractivity contribution in [2.24, 2.45) is 16.8 Å². The van der Waals surface area contributed by atoms with Gasteiger partial charge in [-0.1, -0.05) is 48.9 Å². The summed E-state index contributed by atoms with van der Waals surface area (Å²) in [6.45, 7) is 2.80. The summed E-state index contributed by atoms with van der Waals surface area (Å²) >= 11 is 6.98. The Hall–Kier alpha value is -3.38. The van der Waals surface area contributed by atoms with E-state index in [1.165, 1.54) is 6.20 Å². The maximum Gasteiger partial charge on any atom is 0.193 e. The maximum absolute atomic E-state index is 12.7. The Morgan fingerprint density at radius 3 is 2.82 bits per heavy atom. The highest BCUT2D eigenvalue weighted by molar-refractivity contribution is 6.37. The predicted molar refractivity (Wildman–Crippen MR) is 141 cm³/mol. The summed E-state index contributed by atoms with van der Waals surface area (Å²) in [6.07, 6.45) is 17.5. The Morgan fingerprint density at radius 1 is 1.32 bits per heavy atom. The third-order valence-electron chi connectivity index (χ3n) is 6.51. The van der Waals surface area contributed by atoms with Crippen LogP contribution in [0.25, 0.3) is 16.5 Å².